The molecule has 0 saturated carbocycles. The van der Waals surface area contributed by atoms with E-state index in [-0.39, 0.29) is 5.04 Å². The number of unbranched alkanes of at least 4 members (excludes halogenated alkanes) is 1. The Morgan fingerprint density at radius 1 is 0.957 bits per heavy atom. The van der Waals surface area contributed by atoms with Crippen LogP contribution in [0.2, 0.25) is 18.1 Å². The Hall–Kier alpha value is -0.633. The van der Waals surface area contributed by atoms with E-state index >= 15 is 0 Å². The first-order valence-electron chi connectivity index (χ1n) is 8.43. The van der Waals surface area contributed by atoms with Crippen LogP contribution in [-0.2, 0) is 13.9 Å². The molecule has 23 heavy (non-hydrogen) atoms. The molecule has 0 aliphatic heterocycles. The van der Waals surface area contributed by atoms with Crippen LogP contribution in [0.1, 0.15) is 40.0 Å². The highest BCUT2D eigenvalue weighted by Gasteiger charge is 2.36. The van der Waals surface area contributed by atoms with E-state index in [1.807, 2.05) is 0 Å². The summed E-state index contributed by atoms with van der Waals surface area (Å²) in [5.41, 5.74) is 0. The molecule has 1 amide bonds. The van der Waals surface area contributed by atoms with Gasteiger partial charge in [0.05, 0.1) is 13.2 Å². The zero-order chi connectivity index (χ0) is 17.8. The van der Waals surface area contributed by atoms with Crippen LogP contribution in [0.25, 0.3) is 0 Å². The van der Waals surface area contributed by atoms with Gasteiger partial charge < -0.3 is 24.3 Å². The highest BCUT2D eigenvalue weighted by atomic mass is 28.4. The third-order valence-electron chi connectivity index (χ3n) is 4.07. The SMILES string of the molecule is CC(C)(C)[Si](C)(C)OCCCOCCOCCCCNC(=O)O. The molecule has 0 fully saturated rings. The van der Waals surface area contributed by atoms with Crippen molar-refractivity contribution in [2.45, 2.75) is 58.2 Å². The number of carboxylic acid groups (broad SMARTS) is 1. The Morgan fingerprint density at radius 2 is 1.52 bits per heavy atom. The van der Waals surface area contributed by atoms with Crippen LogP contribution in [0.15, 0.2) is 0 Å². The van der Waals surface area contributed by atoms with E-state index in [1.165, 1.54) is 0 Å². The van der Waals surface area contributed by atoms with Gasteiger partial charge in [0, 0.05) is 26.4 Å². The Kier molecular flexibility index (Phi) is 11.5. The van der Waals surface area contributed by atoms with Crippen LogP contribution < -0.4 is 5.32 Å². The summed E-state index contributed by atoms with van der Waals surface area (Å²) in [7, 11) is -1.63. The fraction of sp³-hybridized carbons (Fsp3) is 0.938. The minimum Gasteiger partial charge on any atom is -0.465 e. The summed E-state index contributed by atoms with van der Waals surface area (Å²) in [5, 5.41) is 11.0. The van der Waals surface area contributed by atoms with Crippen LogP contribution >= 0.6 is 0 Å². The predicted molar refractivity (Wildman–Crippen MR) is 94.7 cm³/mol. The lowest BCUT2D eigenvalue weighted by atomic mass is 10.2. The standard InChI is InChI=1S/C16H35NO5Si/c1-16(2,3)23(4,5)22-12-8-11-21-14-13-20-10-7-6-9-17-15(18)19/h17H,6-14H2,1-5H3,(H,18,19). The first kappa shape index (κ1) is 22.4. The van der Waals surface area contributed by atoms with Crippen LogP contribution in [0.5, 0.6) is 0 Å². The van der Waals surface area contributed by atoms with Crippen LogP contribution in [0, 0.1) is 0 Å². The summed E-state index contributed by atoms with van der Waals surface area (Å²) in [6.45, 7) is 15.0. The minimum atomic E-state index is -1.63. The summed E-state index contributed by atoms with van der Waals surface area (Å²) in [5.74, 6) is 0. The molecule has 0 aromatic carbocycles. The van der Waals surface area contributed by atoms with Crippen LogP contribution in [0.3, 0.4) is 0 Å². The maximum Gasteiger partial charge on any atom is 0.404 e. The largest absolute Gasteiger partial charge is 0.465 e. The zero-order valence-corrected chi connectivity index (χ0v) is 16.4. The van der Waals surface area contributed by atoms with Crippen molar-refractivity contribution in [2.24, 2.45) is 0 Å². The van der Waals surface area contributed by atoms with E-state index in [1.54, 1.807) is 0 Å². The molecule has 0 atom stereocenters. The van der Waals surface area contributed by atoms with Gasteiger partial charge in [0.1, 0.15) is 0 Å². The Balaban J connectivity index is 3.30. The van der Waals surface area contributed by atoms with Gasteiger partial charge in [-0.15, -0.1) is 0 Å². The number of rotatable bonds is 13. The Morgan fingerprint density at radius 3 is 2.04 bits per heavy atom. The normalized spacial score (nSPS) is 12.4. The number of carbonyl (C=O) groups is 1. The lowest BCUT2D eigenvalue weighted by molar-refractivity contribution is 0.0419. The number of ether oxygens (including phenoxy) is 2. The highest BCUT2D eigenvalue weighted by molar-refractivity contribution is 6.74. The van der Waals surface area contributed by atoms with Gasteiger partial charge in [0.25, 0.3) is 0 Å². The molecular weight excluding hydrogens is 314 g/mol. The average Bonchev–Trinajstić information content (AvgIpc) is 2.42. The third kappa shape index (κ3) is 12.5. The van der Waals surface area contributed by atoms with E-state index in [0.717, 1.165) is 25.9 Å². The first-order chi connectivity index (χ1) is 10.7. The second kappa shape index (κ2) is 11.8. The molecule has 7 heteroatoms. The molecule has 6 nitrogen and oxygen atoms in total. The van der Waals surface area contributed by atoms with E-state index in [9.17, 15) is 4.79 Å². The lowest BCUT2D eigenvalue weighted by Crippen LogP contribution is -2.41. The smallest absolute Gasteiger partial charge is 0.404 e. The lowest BCUT2D eigenvalue weighted by Gasteiger charge is -2.36. The summed E-state index contributed by atoms with van der Waals surface area (Å²) >= 11 is 0. The third-order valence-corrected chi connectivity index (χ3v) is 8.60. The summed E-state index contributed by atoms with van der Waals surface area (Å²) in [6, 6.07) is 0. The predicted octanol–water partition coefficient (Wildman–Crippen LogP) is 3.48. The molecule has 0 spiro atoms. The molecule has 0 aromatic rings. The van der Waals surface area contributed by atoms with Crippen molar-refractivity contribution in [3.8, 4) is 0 Å². The topological polar surface area (TPSA) is 77.0 Å². The van der Waals surface area contributed by atoms with Crippen molar-refractivity contribution >= 4 is 14.4 Å². The van der Waals surface area contributed by atoms with Gasteiger partial charge in [-0.25, -0.2) is 4.79 Å². The molecule has 0 heterocycles. The van der Waals surface area contributed by atoms with Gasteiger partial charge in [-0.2, -0.15) is 0 Å². The maximum atomic E-state index is 10.2. The van der Waals surface area contributed by atoms with Crippen molar-refractivity contribution in [3.63, 3.8) is 0 Å². The van der Waals surface area contributed by atoms with Gasteiger partial charge in [-0.1, -0.05) is 20.8 Å². The first-order valence-corrected chi connectivity index (χ1v) is 11.3. The van der Waals surface area contributed by atoms with Crippen molar-refractivity contribution in [1.82, 2.24) is 5.32 Å². The van der Waals surface area contributed by atoms with Crippen molar-refractivity contribution in [1.29, 1.82) is 0 Å². The number of hydrogen-bond donors (Lipinski definition) is 2. The van der Waals surface area contributed by atoms with Crippen molar-refractivity contribution in [3.05, 3.63) is 0 Å². The highest BCUT2D eigenvalue weighted by Crippen LogP contribution is 2.36. The number of nitrogens with one attached hydrogen (secondary N) is 1. The molecule has 2 N–H and O–H groups in total. The Bertz CT molecular complexity index is 318. The van der Waals surface area contributed by atoms with E-state index in [0.29, 0.717) is 33.0 Å². The molecule has 0 aliphatic rings. The second-order valence-corrected chi connectivity index (χ2v) is 11.9. The quantitative estimate of drug-likeness (QED) is 0.393. The molecule has 0 radical (unpaired) electrons. The van der Waals surface area contributed by atoms with Crippen LogP contribution in [0.4, 0.5) is 4.79 Å². The molecule has 0 aromatic heterocycles. The van der Waals surface area contributed by atoms with Crippen LogP contribution in [-0.4, -0.2) is 59.1 Å². The van der Waals surface area contributed by atoms with E-state index in [4.69, 9.17) is 19.0 Å². The van der Waals surface area contributed by atoms with E-state index in [2.05, 4.69) is 39.2 Å². The molecule has 138 valence electrons. The maximum absolute atomic E-state index is 10.2. The molecule has 0 saturated heterocycles. The Labute approximate surface area is 142 Å². The van der Waals surface area contributed by atoms with E-state index < -0.39 is 14.4 Å². The zero-order valence-electron chi connectivity index (χ0n) is 15.4. The summed E-state index contributed by atoms with van der Waals surface area (Å²) in [6.07, 6.45) is 1.57. The van der Waals surface area contributed by atoms with Gasteiger partial charge >= 0.3 is 6.09 Å². The van der Waals surface area contributed by atoms with Gasteiger partial charge in [-0.05, 0) is 37.4 Å². The minimum absolute atomic E-state index is 0.252. The molecule has 0 rings (SSSR count). The summed E-state index contributed by atoms with van der Waals surface area (Å²) < 4.78 is 17.0. The number of hydrogen-bond acceptors (Lipinski definition) is 4. The van der Waals surface area contributed by atoms with Gasteiger partial charge in [0.15, 0.2) is 8.32 Å². The fourth-order valence-corrected chi connectivity index (χ4v) is 2.64. The van der Waals surface area contributed by atoms with Gasteiger partial charge in [-0.3, -0.25) is 0 Å². The van der Waals surface area contributed by atoms with Crippen molar-refractivity contribution < 1.29 is 23.8 Å². The fourth-order valence-electron chi connectivity index (χ4n) is 1.55. The molecular formula is C16H35NO5Si. The second-order valence-electron chi connectivity index (χ2n) is 7.13. The monoisotopic (exact) mass is 349 g/mol. The number of amides is 1. The molecule has 0 unspecified atom stereocenters. The van der Waals surface area contributed by atoms with Gasteiger partial charge in [0.2, 0.25) is 0 Å². The molecule has 0 bridgehead atoms. The average molecular weight is 350 g/mol. The molecule has 0 aliphatic carbocycles. The van der Waals surface area contributed by atoms with Crippen molar-refractivity contribution in [2.75, 3.05) is 39.6 Å². The summed E-state index contributed by atoms with van der Waals surface area (Å²) in [4.78, 5) is 10.2.